The number of likely N-dealkylation sites (N-methyl/N-ethyl adjacent to an activating group) is 1. The molecule has 0 radical (unpaired) electrons. The molecule has 2 saturated heterocycles. The van der Waals surface area contributed by atoms with Crippen LogP contribution in [0.5, 0.6) is 5.75 Å². The molecule has 8 aromatic carbocycles. The van der Waals surface area contributed by atoms with Crippen molar-refractivity contribution in [3.8, 4) is 17.0 Å². The molecule has 3 amide bonds. The van der Waals surface area contributed by atoms with Crippen molar-refractivity contribution >= 4 is 23.7 Å². The number of nitrogens with one attached hydrogen (secondary N) is 3. The van der Waals surface area contributed by atoms with Crippen molar-refractivity contribution < 1.29 is 52.0 Å². The van der Waals surface area contributed by atoms with Crippen LogP contribution in [0.4, 0.5) is 18.0 Å². The van der Waals surface area contributed by atoms with Gasteiger partial charge in [0, 0.05) is 66.6 Å². The molecular weight excluding hydrogens is 1820 g/mol. The number of ether oxygens (including phenoxy) is 2. The van der Waals surface area contributed by atoms with Crippen molar-refractivity contribution in [2.24, 2.45) is 5.73 Å². The lowest BCUT2D eigenvalue weighted by atomic mass is 9.82. The van der Waals surface area contributed by atoms with Crippen LogP contribution in [0.2, 0.25) is 0 Å². The third kappa shape index (κ3) is 47.8. The fourth-order valence-corrected chi connectivity index (χ4v) is 15.5. The maximum absolute atomic E-state index is 13.1. The summed E-state index contributed by atoms with van der Waals surface area (Å²) in [5.74, 6) is 1.38. The highest BCUT2D eigenvalue weighted by atomic mass is 19.4. The number of nitrogens with two attached hydrogens (primary N) is 1. The first-order valence-electron chi connectivity index (χ1n) is 52.0. The number of carbonyl (C=O) groups excluding carboxylic acids is 4. The number of carbonyl (C=O) groups is 4. The predicted molar refractivity (Wildman–Crippen MR) is 612 cm³/mol. The smallest absolute Gasteiger partial charge is 0.416 e. The van der Waals surface area contributed by atoms with Gasteiger partial charge >= 0.3 is 12.3 Å². The van der Waals surface area contributed by atoms with Gasteiger partial charge in [-0.15, -0.1) is 0 Å². The highest BCUT2D eigenvalue weighted by Crippen LogP contribution is 2.39. The van der Waals surface area contributed by atoms with Crippen molar-refractivity contribution in [1.29, 1.82) is 0 Å². The molecule has 2 aliphatic rings. The number of hydrogen-bond acceptors (Lipinski definition) is 10. The first-order chi connectivity index (χ1) is 66.1. The molecule has 10 aromatic rings. The van der Waals surface area contributed by atoms with Gasteiger partial charge in [-0.05, 0) is 270 Å². The van der Waals surface area contributed by atoms with Crippen LogP contribution in [0, 0.1) is 6.92 Å². The van der Waals surface area contributed by atoms with Crippen molar-refractivity contribution in [3.63, 3.8) is 0 Å². The number of nitrogens with zero attached hydrogens (tertiary/aromatic N) is 3. The molecule has 4 heterocycles. The van der Waals surface area contributed by atoms with Crippen molar-refractivity contribution in [2.45, 2.75) is 413 Å². The zero-order valence-electron chi connectivity index (χ0n) is 95.6. The zero-order chi connectivity index (χ0) is 109. The van der Waals surface area contributed by atoms with E-state index in [0.717, 1.165) is 98.7 Å². The van der Waals surface area contributed by atoms with Crippen LogP contribution in [0.15, 0.2) is 206 Å². The number of hydrogen-bond donors (Lipinski definition) is 6. The number of aromatic amines is 2. The largest absolute Gasteiger partial charge is 0.492 e. The number of piperidine rings is 1. The number of alkyl halides is 3. The van der Waals surface area contributed by atoms with Crippen LogP contribution >= 0.6 is 0 Å². The first-order valence-corrected chi connectivity index (χ1v) is 52.0. The number of Topliss-reactive ketones (excluding diaryl/α,β-unsaturated/α-hetero) is 1. The molecule has 12 rings (SSSR count). The molecule has 3 atom stereocenters. The second kappa shape index (κ2) is 57.4. The average molecular weight is 2020 g/mol. The molecule has 7 N–H and O–H groups in total. The van der Waals surface area contributed by atoms with Crippen LogP contribution in [-0.4, -0.2) is 110 Å². The van der Waals surface area contributed by atoms with Gasteiger partial charge in [0.05, 0.1) is 29.9 Å². The van der Waals surface area contributed by atoms with Crippen LogP contribution < -0.4 is 15.8 Å². The molecule has 15 nitrogen and oxygen atoms in total. The Labute approximate surface area is 883 Å². The summed E-state index contributed by atoms with van der Waals surface area (Å²) >= 11 is 0. The predicted octanol–water partition coefficient (Wildman–Crippen LogP) is 32.7. The molecule has 810 valence electrons. The Bertz CT molecular complexity index is 5490. The fourth-order valence-electron chi connectivity index (χ4n) is 15.5. The van der Waals surface area contributed by atoms with E-state index in [2.05, 4.69) is 328 Å². The third-order valence-electron chi connectivity index (χ3n) is 25.3. The second-order valence-electron chi connectivity index (χ2n) is 49.6. The fraction of sp³-hybridized carbons (Fsp3) is 0.539. The molecule has 0 aliphatic carbocycles. The van der Waals surface area contributed by atoms with Crippen LogP contribution in [0.1, 0.15) is 432 Å². The number of ketones is 1. The molecule has 18 heteroatoms. The van der Waals surface area contributed by atoms with Gasteiger partial charge in [0.25, 0.3) is 5.91 Å². The van der Waals surface area contributed by atoms with Gasteiger partial charge in [0.15, 0.2) is 0 Å². The molecule has 2 unspecified atom stereocenters. The Balaban J connectivity index is 0.000000558. The Kier molecular flexibility index (Phi) is 51.8. The summed E-state index contributed by atoms with van der Waals surface area (Å²) in [6.45, 7) is 81.4. The van der Waals surface area contributed by atoms with E-state index in [1.54, 1.807) is 19.9 Å². The lowest BCUT2D eigenvalue weighted by Gasteiger charge is -2.33. The van der Waals surface area contributed by atoms with E-state index in [1.807, 2.05) is 140 Å². The number of halogens is 3. The number of likely N-dealkylation sites (tertiary alicyclic amines) is 2. The van der Waals surface area contributed by atoms with E-state index in [4.69, 9.17) is 15.2 Å². The van der Waals surface area contributed by atoms with Crippen LogP contribution in [-0.2, 0) is 82.1 Å². The van der Waals surface area contributed by atoms with Gasteiger partial charge in [-0.25, -0.2) is 4.79 Å². The summed E-state index contributed by atoms with van der Waals surface area (Å²) < 4.78 is 50.4. The lowest BCUT2D eigenvalue weighted by Crippen LogP contribution is -2.41. The van der Waals surface area contributed by atoms with Crippen molar-refractivity contribution in [2.75, 3.05) is 39.8 Å². The monoisotopic (exact) mass is 2010 g/mol. The normalized spacial score (nSPS) is 14.1. The standard InChI is InChI=1S/C17H24F3NO.C17H29N3O2.C15H19N.C14H21NO.C14H20O.C13H20.C12H17NO.2C12H18O.2CH4/c1-16(2,3)12-8-13(17(18,19)20)10-15(9-12)22-11-14-6-5-7-21(14)4;1-16(2,3)14-11-13(18-19-14)12-7-9-20(10-8-12)15(21)22-17(4,5)6;1-11-5-7-12(8-6-11)14-9-13(10-16-14)15(2,3)4;1-5-10-15-13(16)11-6-8-12(9-7-11)14(2,3)4;1-11(15)8-9-12-6-5-7-13(10-12)14(2,3)4;1-10(2)11-6-8-12(9-7-11)13(3,4)5;1-12(2,3)10-6-4-5-9(7-10)8-11(13)14;1-9(13)10-6-5-7-11(8-10)12(2,3)4;1-9(13)10-7-5-6-8-11(10)12(2,3)4;;/h8-10,14H,5-7,11H2,1-4H3;11-12H,7-10H2,1-6H3,(H,18,19);5-10,16H,1-4H3;6-9H,5,10H2,1-4H3,(H,15,16);5-7,10H,8-9H2,1-4H3;6-10H,1-5H3;4-7H,8H2,1-3H3,(H2,13,14);2*5-9,13H,1-4H3;2*1H4/t14-;;;;;;;;;;/m1........../s1. The van der Waals surface area contributed by atoms with Gasteiger partial charge in [-0.3, -0.25) is 14.7 Å². The van der Waals surface area contributed by atoms with E-state index in [-0.39, 0.29) is 106 Å². The molecule has 2 aliphatic heterocycles. The summed E-state index contributed by atoms with van der Waals surface area (Å²) in [5.41, 5.74) is 27.1. The Hall–Kier alpha value is -10.4. The molecule has 2 fully saturated rings. The highest BCUT2D eigenvalue weighted by Gasteiger charge is 2.35. The highest BCUT2D eigenvalue weighted by molar-refractivity contribution is 5.94. The molecule has 0 spiro atoms. The molecule has 146 heavy (non-hydrogen) atoms. The summed E-state index contributed by atoms with van der Waals surface area (Å²) in [5, 5.41) is 29.5. The number of aromatic nitrogens is 3. The molecule has 0 saturated carbocycles. The minimum atomic E-state index is -4.36. The average Bonchev–Trinajstić information content (AvgIpc) is 1.27. The van der Waals surface area contributed by atoms with Crippen LogP contribution in [0.3, 0.4) is 0 Å². The van der Waals surface area contributed by atoms with Gasteiger partial charge in [-0.1, -0.05) is 386 Å². The SMILES string of the molecule is C.C.CC(=O)CCc1cccc(C(C)(C)C)c1.CC(C)(C)OC(=O)N1CCC(c2cc(C(C)(C)C)n[nH]2)CC1.CC(C)(C)c1cccc(CC(N)=O)c1.CC(C)c1ccc(C(C)(C)C)cc1.CC(O)c1cccc(C(C)(C)C)c1.CC(O)c1ccccc1C(C)(C)C.CCCNC(=O)c1ccc(C(C)(C)C)cc1.CN1CCC[C@@H]1COc1cc(C(C)(C)C)cc(C(F)(F)F)c1.Cc1ccc(-c2cc(C(C)(C)C)c[nH]2)cc1. The number of aryl methyl sites for hydroxylation is 2. The molecule has 0 bridgehead atoms. The van der Waals surface area contributed by atoms with E-state index in [0.29, 0.717) is 42.6 Å². The second-order valence-corrected chi connectivity index (χ2v) is 49.6. The van der Waals surface area contributed by atoms with Gasteiger partial charge in [0.2, 0.25) is 5.91 Å². The topological polar surface area (TPSA) is 216 Å². The van der Waals surface area contributed by atoms with Crippen molar-refractivity contribution in [1.82, 2.24) is 30.3 Å². The number of rotatable bonds is 16. The third-order valence-corrected chi connectivity index (χ3v) is 25.3. The van der Waals surface area contributed by atoms with E-state index < -0.39 is 17.3 Å². The maximum atomic E-state index is 13.1. The Morgan fingerprint density at radius 3 is 1.40 bits per heavy atom. The number of amides is 3. The summed E-state index contributed by atoms with van der Waals surface area (Å²) in [6.07, 6.45) is 3.63. The Morgan fingerprint density at radius 1 is 0.500 bits per heavy atom. The van der Waals surface area contributed by atoms with E-state index in [1.165, 1.54) is 78.7 Å². The van der Waals surface area contributed by atoms with Crippen molar-refractivity contribution in [3.05, 3.63) is 307 Å². The summed E-state index contributed by atoms with van der Waals surface area (Å²) in [6, 6.07) is 66.9. The summed E-state index contributed by atoms with van der Waals surface area (Å²) in [4.78, 5) is 52.7. The molecular formula is C128H194F3N7O8. The minimum Gasteiger partial charge on any atom is -0.492 e. The number of aliphatic hydroxyl groups excluding tert-OH is 2. The number of H-pyrrole nitrogens is 2. The quantitative estimate of drug-likeness (QED) is 0.0538. The van der Waals surface area contributed by atoms with Gasteiger partial charge in [0.1, 0.15) is 23.7 Å². The number of primary amides is 1. The van der Waals surface area contributed by atoms with Gasteiger partial charge < -0.3 is 50.3 Å². The lowest BCUT2D eigenvalue weighted by molar-refractivity contribution is -0.137. The van der Waals surface area contributed by atoms with E-state index in [9.17, 15) is 42.6 Å². The summed E-state index contributed by atoms with van der Waals surface area (Å²) in [7, 11) is 2.02. The molecule has 2 aromatic heterocycles. The van der Waals surface area contributed by atoms with Gasteiger partial charge in [-0.2, -0.15) is 18.3 Å². The van der Waals surface area contributed by atoms with Crippen LogP contribution in [0.25, 0.3) is 11.3 Å². The first kappa shape index (κ1) is 132. The maximum Gasteiger partial charge on any atom is 0.416 e. The number of benzene rings is 8. The number of aliphatic hydroxyl groups is 2. The van der Waals surface area contributed by atoms with E-state index >= 15 is 0 Å². The minimum absolute atomic E-state index is 0. The zero-order valence-corrected chi connectivity index (χ0v) is 95.6. The Morgan fingerprint density at radius 2 is 0.979 bits per heavy atom.